The summed E-state index contributed by atoms with van der Waals surface area (Å²) in [5.74, 6) is 2.18. The molecule has 2 aliphatic rings. The minimum atomic E-state index is 0.0984. The Morgan fingerprint density at radius 1 is 1.00 bits per heavy atom. The van der Waals surface area contributed by atoms with E-state index in [1.807, 2.05) is 54.3 Å². The number of rotatable bonds is 5. The van der Waals surface area contributed by atoms with Gasteiger partial charge in [0.1, 0.15) is 0 Å². The molecule has 5 heteroatoms. The fourth-order valence-electron chi connectivity index (χ4n) is 3.66. The van der Waals surface area contributed by atoms with E-state index in [4.69, 9.17) is 14.2 Å². The first-order valence-electron chi connectivity index (χ1n) is 9.61. The monoisotopic (exact) mass is 367 g/mol. The van der Waals surface area contributed by atoms with Crippen molar-refractivity contribution < 1.29 is 19.0 Å². The molecule has 2 aliphatic heterocycles. The van der Waals surface area contributed by atoms with Crippen LogP contribution < -0.4 is 9.47 Å². The van der Waals surface area contributed by atoms with Crippen LogP contribution in [-0.2, 0) is 4.74 Å². The highest BCUT2D eigenvalue weighted by molar-refractivity contribution is 5.94. The predicted octanol–water partition coefficient (Wildman–Crippen LogP) is 3.97. The molecular formula is C22H25NO4. The number of fused-ring (bicyclic) bond motifs is 1. The van der Waals surface area contributed by atoms with Gasteiger partial charge in [0.05, 0.1) is 0 Å². The third-order valence-corrected chi connectivity index (χ3v) is 5.33. The van der Waals surface area contributed by atoms with Crippen LogP contribution in [0.2, 0.25) is 0 Å². The molecule has 1 amide bonds. The van der Waals surface area contributed by atoms with Crippen molar-refractivity contribution in [3.05, 3.63) is 48.0 Å². The van der Waals surface area contributed by atoms with E-state index in [-0.39, 0.29) is 12.7 Å². The van der Waals surface area contributed by atoms with E-state index in [9.17, 15) is 4.79 Å². The Morgan fingerprint density at radius 2 is 1.70 bits per heavy atom. The lowest BCUT2D eigenvalue weighted by molar-refractivity contribution is 0.0467. The van der Waals surface area contributed by atoms with Gasteiger partial charge in [-0.05, 0) is 61.1 Å². The van der Waals surface area contributed by atoms with E-state index in [0.717, 1.165) is 67.3 Å². The molecular weight excluding hydrogens is 342 g/mol. The second-order valence-corrected chi connectivity index (χ2v) is 7.04. The maximum atomic E-state index is 12.9. The topological polar surface area (TPSA) is 48.0 Å². The van der Waals surface area contributed by atoms with Gasteiger partial charge in [0, 0.05) is 31.9 Å². The van der Waals surface area contributed by atoms with Crippen molar-refractivity contribution in [3.63, 3.8) is 0 Å². The molecule has 0 aromatic heterocycles. The van der Waals surface area contributed by atoms with Crippen LogP contribution in [0.4, 0.5) is 0 Å². The van der Waals surface area contributed by atoms with Crippen LogP contribution in [0.5, 0.6) is 11.5 Å². The Morgan fingerprint density at radius 3 is 2.44 bits per heavy atom. The maximum Gasteiger partial charge on any atom is 0.253 e. The lowest BCUT2D eigenvalue weighted by Gasteiger charge is -2.29. The van der Waals surface area contributed by atoms with Crippen LogP contribution in [0.3, 0.4) is 0 Å². The predicted molar refractivity (Wildman–Crippen MR) is 103 cm³/mol. The van der Waals surface area contributed by atoms with Gasteiger partial charge in [-0.2, -0.15) is 0 Å². The summed E-state index contributed by atoms with van der Waals surface area (Å²) in [6, 6.07) is 13.7. The number of hydrogen-bond donors (Lipinski definition) is 0. The summed E-state index contributed by atoms with van der Waals surface area (Å²) in [6.45, 7) is 5.45. The van der Waals surface area contributed by atoms with Gasteiger partial charge in [-0.3, -0.25) is 4.79 Å². The average molecular weight is 367 g/mol. The number of ether oxygens (including phenoxy) is 3. The first kappa shape index (κ1) is 17.9. The minimum absolute atomic E-state index is 0.0984. The molecule has 0 unspecified atom stereocenters. The highest BCUT2D eigenvalue weighted by Gasteiger charge is 2.21. The van der Waals surface area contributed by atoms with Crippen molar-refractivity contribution in [1.82, 2.24) is 4.90 Å². The normalized spacial score (nSPS) is 16.3. The summed E-state index contributed by atoms with van der Waals surface area (Å²) in [6.07, 6.45) is 2.07. The molecule has 4 rings (SSSR count). The van der Waals surface area contributed by atoms with Crippen molar-refractivity contribution >= 4 is 5.91 Å². The zero-order chi connectivity index (χ0) is 18.6. The van der Waals surface area contributed by atoms with Crippen LogP contribution in [0, 0.1) is 5.92 Å². The van der Waals surface area contributed by atoms with E-state index in [2.05, 4.69) is 0 Å². The fraction of sp³-hybridized carbons (Fsp3) is 0.409. The Bertz CT molecular complexity index is 796. The van der Waals surface area contributed by atoms with Gasteiger partial charge < -0.3 is 19.1 Å². The van der Waals surface area contributed by atoms with E-state index in [1.165, 1.54) is 0 Å². The van der Waals surface area contributed by atoms with Crippen molar-refractivity contribution in [2.45, 2.75) is 19.8 Å². The Balaban J connectivity index is 1.46. The van der Waals surface area contributed by atoms with E-state index >= 15 is 0 Å². The number of amides is 1. The maximum absolute atomic E-state index is 12.9. The van der Waals surface area contributed by atoms with Crippen molar-refractivity contribution in [2.24, 2.45) is 5.92 Å². The van der Waals surface area contributed by atoms with Crippen LogP contribution in [0.15, 0.2) is 42.5 Å². The number of benzene rings is 2. The summed E-state index contributed by atoms with van der Waals surface area (Å²) < 4.78 is 16.2. The lowest BCUT2D eigenvalue weighted by atomic mass is 9.99. The fourth-order valence-corrected chi connectivity index (χ4v) is 3.66. The van der Waals surface area contributed by atoms with Crippen LogP contribution >= 0.6 is 0 Å². The van der Waals surface area contributed by atoms with Crippen molar-refractivity contribution in [1.29, 1.82) is 0 Å². The van der Waals surface area contributed by atoms with Crippen LogP contribution in [0.25, 0.3) is 11.1 Å². The SMILES string of the molecule is CCN(CC1CCOCC1)C(=O)c1ccc(-c2ccc3c(c2)OCO3)cc1. The molecule has 2 aromatic rings. The molecule has 5 nitrogen and oxygen atoms in total. The second kappa shape index (κ2) is 8.01. The van der Waals surface area contributed by atoms with E-state index in [0.29, 0.717) is 5.92 Å². The smallest absolute Gasteiger partial charge is 0.253 e. The van der Waals surface area contributed by atoms with Gasteiger partial charge in [-0.1, -0.05) is 18.2 Å². The zero-order valence-electron chi connectivity index (χ0n) is 15.6. The molecule has 1 saturated heterocycles. The largest absolute Gasteiger partial charge is 0.454 e. The summed E-state index contributed by atoms with van der Waals surface area (Å²) in [7, 11) is 0. The van der Waals surface area contributed by atoms with Gasteiger partial charge >= 0.3 is 0 Å². The summed E-state index contributed by atoms with van der Waals surface area (Å²) in [5.41, 5.74) is 2.83. The molecule has 2 aromatic carbocycles. The Kier molecular flexibility index (Phi) is 5.30. The molecule has 0 atom stereocenters. The molecule has 0 saturated carbocycles. The Labute approximate surface area is 159 Å². The van der Waals surface area contributed by atoms with Gasteiger partial charge in [0.2, 0.25) is 6.79 Å². The van der Waals surface area contributed by atoms with E-state index in [1.54, 1.807) is 0 Å². The van der Waals surface area contributed by atoms with Gasteiger partial charge in [0.15, 0.2) is 11.5 Å². The highest BCUT2D eigenvalue weighted by atomic mass is 16.7. The lowest BCUT2D eigenvalue weighted by Crippen LogP contribution is -2.37. The van der Waals surface area contributed by atoms with Gasteiger partial charge in [-0.25, -0.2) is 0 Å². The molecule has 0 radical (unpaired) electrons. The summed E-state index contributed by atoms with van der Waals surface area (Å²) in [4.78, 5) is 14.9. The molecule has 0 bridgehead atoms. The van der Waals surface area contributed by atoms with E-state index < -0.39 is 0 Å². The van der Waals surface area contributed by atoms with Crippen molar-refractivity contribution in [3.8, 4) is 22.6 Å². The molecule has 1 fully saturated rings. The summed E-state index contributed by atoms with van der Waals surface area (Å²) in [5, 5.41) is 0. The third kappa shape index (κ3) is 3.93. The van der Waals surface area contributed by atoms with Crippen LogP contribution in [0.1, 0.15) is 30.1 Å². The molecule has 2 heterocycles. The molecule has 0 spiro atoms. The first-order chi connectivity index (χ1) is 13.2. The number of carbonyl (C=O) groups excluding carboxylic acids is 1. The zero-order valence-corrected chi connectivity index (χ0v) is 15.6. The first-order valence-corrected chi connectivity index (χ1v) is 9.61. The average Bonchev–Trinajstić information content (AvgIpc) is 3.20. The quantitative estimate of drug-likeness (QED) is 0.802. The van der Waals surface area contributed by atoms with Crippen molar-refractivity contribution in [2.75, 3.05) is 33.1 Å². The highest BCUT2D eigenvalue weighted by Crippen LogP contribution is 2.35. The molecule has 142 valence electrons. The summed E-state index contributed by atoms with van der Waals surface area (Å²) >= 11 is 0. The molecule has 0 aliphatic carbocycles. The standard InChI is InChI=1S/C22H25NO4/c1-2-23(14-16-9-11-25-12-10-16)22(24)18-5-3-17(4-6-18)19-7-8-20-21(13-19)27-15-26-20/h3-8,13,16H,2,9-12,14-15H2,1H3. The van der Waals surface area contributed by atoms with Gasteiger partial charge in [-0.15, -0.1) is 0 Å². The number of nitrogens with zero attached hydrogens (tertiary/aromatic N) is 1. The molecule has 0 N–H and O–H groups in total. The molecule has 27 heavy (non-hydrogen) atoms. The second-order valence-electron chi connectivity index (χ2n) is 7.04. The number of hydrogen-bond acceptors (Lipinski definition) is 4. The Hall–Kier alpha value is -2.53. The van der Waals surface area contributed by atoms with Gasteiger partial charge in [0.25, 0.3) is 5.91 Å². The van der Waals surface area contributed by atoms with Crippen LogP contribution in [-0.4, -0.2) is 43.9 Å². The minimum Gasteiger partial charge on any atom is -0.454 e. The third-order valence-electron chi connectivity index (χ3n) is 5.33. The number of carbonyl (C=O) groups is 1.